The molecule has 2 heterocycles. The Labute approximate surface area is 152 Å². The zero-order valence-electron chi connectivity index (χ0n) is 13.6. The number of nitrogens with zero attached hydrogens (tertiary/aromatic N) is 2. The van der Waals surface area contributed by atoms with Crippen molar-refractivity contribution < 1.29 is 17.2 Å². The maximum atomic E-state index is 14.5. The number of aromatic nitrogens is 3. The van der Waals surface area contributed by atoms with Crippen molar-refractivity contribution in [2.75, 3.05) is 0 Å². The maximum Gasteiger partial charge on any atom is 0.238 e. The molecule has 0 aliphatic carbocycles. The molecule has 0 saturated carbocycles. The maximum absolute atomic E-state index is 14.5. The molecule has 0 fully saturated rings. The predicted molar refractivity (Wildman–Crippen MR) is 96.0 cm³/mol. The Kier molecular flexibility index (Phi) is 3.97. The van der Waals surface area contributed by atoms with Gasteiger partial charge >= 0.3 is 0 Å². The van der Waals surface area contributed by atoms with E-state index in [9.17, 15) is 17.2 Å². The van der Waals surface area contributed by atoms with Crippen molar-refractivity contribution in [2.45, 2.75) is 4.90 Å². The van der Waals surface area contributed by atoms with Crippen LogP contribution in [0.25, 0.3) is 33.5 Å². The third-order valence-corrected chi connectivity index (χ3v) is 5.02. The highest BCUT2D eigenvalue weighted by Crippen LogP contribution is 2.31. The standard InChI is InChI=1S/C18H12F2N4O2S/c19-11-3-1-10(2-4-11)16-8-14-17(22-9-23-18(14)24-16)13-6-5-12(7-15(13)20)27(21,25)26/h1-9H,(H2,21,25,26)(H,22,23,24). The monoisotopic (exact) mass is 386 g/mol. The lowest BCUT2D eigenvalue weighted by Gasteiger charge is -2.05. The van der Waals surface area contributed by atoms with E-state index in [0.29, 0.717) is 22.4 Å². The zero-order valence-corrected chi connectivity index (χ0v) is 14.5. The number of primary sulfonamides is 1. The van der Waals surface area contributed by atoms with Crippen molar-refractivity contribution in [3.05, 3.63) is 66.5 Å². The van der Waals surface area contributed by atoms with Gasteiger partial charge in [0.15, 0.2) is 0 Å². The van der Waals surface area contributed by atoms with Crippen molar-refractivity contribution >= 4 is 21.1 Å². The number of halogens is 2. The van der Waals surface area contributed by atoms with E-state index in [2.05, 4.69) is 15.0 Å². The second kappa shape index (κ2) is 6.22. The van der Waals surface area contributed by atoms with Crippen LogP contribution < -0.4 is 5.14 Å². The molecule has 0 bridgehead atoms. The lowest BCUT2D eigenvalue weighted by molar-refractivity contribution is 0.593. The minimum atomic E-state index is -4.01. The number of aromatic amines is 1. The largest absolute Gasteiger partial charge is 0.339 e. The van der Waals surface area contributed by atoms with Gasteiger partial charge in [-0.25, -0.2) is 32.3 Å². The van der Waals surface area contributed by atoms with Crippen LogP contribution >= 0.6 is 0 Å². The van der Waals surface area contributed by atoms with Gasteiger partial charge in [0.1, 0.15) is 23.6 Å². The molecule has 0 atom stereocenters. The van der Waals surface area contributed by atoms with Crippen molar-refractivity contribution in [1.82, 2.24) is 15.0 Å². The van der Waals surface area contributed by atoms with E-state index >= 15 is 0 Å². The van der Waals surface area contributed by atoms with E-state index in [0.717, 1.165) is 11.6 Å². The summed E-state index contributed by atoms with van der Waals surface area (Å²) in [6.07, 6.45) is 1.27. The van der Waals surface area contributed by atoms with Gasteiger partial charge in [-0.3, -0.25) is 0 Å². The summed E-state index contributed by atoms with van der Waals surface area (Å²) in [7, 11) is -4.01. The highest BCUT2D eigenvalue weighted by atomic mass is 32.2. The summed E-state index contributed by atoms with van der Waals surface area (Å²) in [5.74, 6) is -1.13. The molecule has 3 N–H and O–H groups in total. The van der Waals surface area contributed by atoms with Gasteiger partial charge in [0.25, 0.3) is 0 Å². The average Bonchev–Trinajstić information content (AvgIpc) is 3.06. The number of hydrogen-bond donors (Lipinski definition) is 2. The van der Waals surface area contributed by atoms with Gasteiger partial charge in [0, 0.05) is 16.6 Å². The van der Waals surface area contributed by atoms with Crippen molar-refractivity contribution in [3.63, 3.8) is 0 Å². The SMILES string of the molecule is NS(=O)(=O)c1ccc(-c2ncnc3[nH]c(-c4ccc(F)cc4)cc23)c(F)c1. The van der Waals surface area contributed by atoms with Gasteiger partial charge in [-0.05, 0) is 54.1 Å². The minimum absolute atomic E-state index is 0.111. The van der Waals surface area contributed by atoms with Crippen LogP contribution in [0.4, 0.5) is 8.78 Å². The normalized spacial score (nSPS) is 11.8. The van der Waals surface area contributed by atoms with Crippen molar-refractivity contribution in [1.29, 1.82) is 0 Å². The highest BCUT2D eigenvalue weighted by molar-refractivity contribution is 7.89. The molecule has 0 aliphatic heterocycles. The number of sulfonamides is 1. The second-order valence-corrected chi connectivity index (χ2v) is 7.42. The van der Waals surface area contributed by atoms with Crippen LogP contribution in [-0.4, -0.2) is 23.4 Å². The molecular weight excluding hydrogens is 374 g/mol. The molecule has 4 rings (SSSR count). The first-order valence-electron chi connectivity index (χ1n) is 7.75. The molecule has 6 nitrogen and oxygen atoms in total. The summed E-state index contributed by atoms with van der Waals surface area (Å²) in [5.41, 5.74) is 2.26. The van der Waals surface area contributed by atoms with Crippen LogP contribution in [0.2, 0.25) is 0 Å². The molecule has 0 radical (unpaired) electrons. The first-order valence-corrected chi connectivity index (χ1v) is 9.30. The Bertz CT molecular complexity index is 1270. The lowest BCUT2D eigenvalue weighted by Crippen LogP contribution is -2.12. The third-order valence-electron chi connectivity index (χ3n) is 4.11. The van der Waals surface area contributed by atoms with Crippen LogP contribution in [0.15, 0.2) is 59.8 Å². The Morgan fingerprint density at radius 1 is 0.963 bits per heavy atom. The fraction of sp³-hybridized carbons (Fsp3) is 0. The van der Waals surface area contributed by atoms with E-state index in [4.69, 9.17) is 5.14 Å². The molecule has 4 aromatic rings. The molecule has 2 aromatic heterocycles. The van der Waals surface area contributed by atoms with Gasteiger partial charge in [0.05, 0.1) is 10.6 Å². The number of fused-ring (bicyclic) bond motifs is 1. The topological polar surface area (TPSA) is 102 Å². The zero-order chi connectivity index (χ0) is 19.2. The number of benzene rings is 2. The van der Waals surface area contributed by atoms with Crippen LogP contribution in [0.3, 0.4) is 0 Å². The summed E-state index contributed by atoms with van der Waals surface area (Å²) < 4.78 is 50.4. The molecule has 9 heteroatoms. The fourth-order valence-electron chi connectivity index (χ4n) is 2.80. The summed E-state index contributed by atoms with van der Waals surface area (Å²) in [5, 5.41) is 5.57. The molecule has 0 amide bonds. The fourth-order valence-corrected chi connectivity index (χ4v) is 3.33. The smallest absolute Gasteiger partial charge is 0.238 e. The quantitative estimate of drug-likeness (QED) is 0.564. The van der Waals surface area contributed by atoms with Crippen molar-refractivity contribution in [2.24, 2.45) is 5.14 Å². The lowest BCUT2D eigenvalue weighted by atomic mass is 10.1. The molecule has 0 saturated heterocycles. The summed E-state index contributed by atoms with van der Waals surface area (Å²) in [4.78, 5) is 11.0. The van der Waals surface area contributed by atoms with E-state index in [1.807, 2.05) is 0 Å². The van der Waals surface area contributed by atoms with Crippen LogP contribution in [-0.2, 0) is 10.0 Å². The van der Waals surface area contributed by atoms with E-state index in [-0.39, 0.29) is 16.3 Å². The Morgan fingerprint density at radius 3 is 2.37 bits per heavy atom. The Morgan fingerprint density at radius 2 is 1.70 bits per heavy atom. The Hall–Kier alpha value is -3.17. The van der Waals surface area contributed by atoms with E-state index < -0.39 is 15.8 Å². The van der Waals surface area contributed by atoms with Gasteiger partial charge in [0.2, 0.25) is 10.0 Å². The Balaban J connectivity index is 1.87. The molecule has 0 unspecified atom stereocenters. The predicted octanol–water partition coefficient (Wildman–Crippen LogP) is 3.22. The third kappa shape index (κ3) is 3.18. The summed E-state index contributed by atoms with van der Waals surface area (Å²) >= 11 is 0. The molecule has 27 heavy (non-hydrogen) atoms. The second-order valence-electron chi connectivity index (χ2n) is 5.86. The van der Waals surface area contributed by atoms with Crippen molar-refractivity contribution in [3.8, 4) is 22.5 Å². The summed E-state index contributed by atoms with van der Waals surface area (Å²) in [6.45, 7) is 0. The van der Waals surface area contributed by atoms with Crippen LogP contribution in [0, 0.1) is 11.6 Å². The first kappa shape index (κ1) is 17.3. The summed E-state index contributed by atoms with van der Waals surface area (Å²) in [6, 6.07) is 11.0. The van der Waals surface area contributed by atoms with Gasteiger partial charge < -0.3 is 4.98 Å². The average molecular weight is 386 g/mol. The number of nitrogens with one attached hydrogen (secondary N) is 1. The van der Waals surface area contributed by atoms with Gasteiger partial charge in [-0.2, -0.15) is 0 Å². The van der Waals surface area contributed by atoms with E-state index in [1.165, 1.54) is 30.6 Å². The number of hydrogen-bond acceptors (Lipinski definition) is 4. The van der Waals surface area contributed by atoms with E-state index in [1.54, 1.807) is 18.2 Å². The van der Waals surface area contributed by atoms with Gasteiger partial charge in [-0.15, -0.1) is 0 Å². The molecule has 0 spiro atoms. The van der Waals surface area contributed by atoms with Crippen LogP contribution in [0.1, 0.15) is 0 Å². The highest BCUT2D eigenvalue weighted by Gasteiger charge is 2.17. The van der Waals surface area contributed by atoms with Gasteiger partial charge in [-0.1, -0.05) is 0 Å². The molecule has 136 valence electrons. The number of H-pyrrole nitrogens is 1. The van der Waals surface area contributed by atoms with Crippen LogP contribution in [0.5, 0.6) is 0 Å². The first-order chi connectivity index (χ1) is 12.8. The molecule has 0 aliphatic rings. The number of nitrogens with two attached hydrogens (primary N) is 1. The minimum Gasteiger partial charge on any atom is -0.339 e. The molecule has 2 aromatic carbocycles. The number of rotatable bonds is 3. The molecular formula is C18H12F2N4O2S.